The Hall–Kier alpha value is -3.40. The molecule has 10 heteroatoms. The smallest absolute Gasteiger partial charge is 0.388 e. The van der Waals surface area contributed by atoms with Crippen LogP contribution in [0.25, 0.3) is 22.2 Å². The van der Waals surface area contributed by atoms with Crippen LogP contribution < -0.4 is 4.74 Å². The van der Waals surface area contributed by atoms with Crippen LogP contribution in [0.4, 0.5) is 8.78 Å². The van der Waals surface area contributed by atoms with Crippen molar-refractivity contribution in [1.29, 1.82) is 0 Å². The van der Waals surface area contributed by atoms with Gasteiger partial charge in [-0.2, -0.15) is 13.9 Å². The van der Waals surface area contributed by atoms with Crippen molar-refractivity contribution in [2.24, 2.45) is 7.05 Å². The Morgan fingerprint density at radius 2 is 2.17 bits per heavy atom. The first-order valence-electron chi connectivity index (χ1n) is 9.35. The fourth-order valence-electron chi connectivity index (χ4n) is 3.76. The van der Waals surface area contributed by atoms with E-state index in [0.29, 0.717) is 36.2 Å². The summed E-state index contributed by atoms with van der Waals surface area (Å²) in [5.74, 6) is 0.733. The molecule has 0 atom stereocenters. The molecular formula is C20H18F2N6O2. The molecule has 1 aromatic carbocycles. The predicted molar refractivity (Wildman–Crippen MR) is 103 cm³/mol. The summed E-state index contributed by atoms with van der Waals surface area (Å²) >= 11 is 0. The van der Waals surface area contributed by atoms with E-state index >= 15 is 0 Å². The van der Waals surface area contributed by atoms with Gasteiger partial charge in [0.15, 0.2) is 0 Å². The van der Waals surface area contributed by atoms with Crippen molar-refractivity contribution in [3.05, 3.63) is 54.2 Å². The van der Waals surface area contributed by atoms with Gasteiger partial charge in [0.05, 0.1) is 24.9 Å². The zero-order valence-corrected chi connectivity index (χ0v) is 16.0. The second-order valence-electron chi connectivity index (χ2n) is 7.41. The van der Waals surface area contributed by atoms with Crippen LogP contribution in [0.1, 0.15) is 11.4 Å². The Balaban J connectivity index is 1.53. The van der Waals surface area contributed by atoms with Gasteiger partial charge in [0.1, 0.15) is 17.8 Å². The summed E-state index contributed by atoms with van der Waals surface area (Å²) in [5, 5.41) is 16.1. The van der Waals surface area contributed by atoms with Gasteiger partial charge in [0, 0.05) is 35.9 Å². The van der Waals surface area contributed by atoms with Crippen LogP contribution in [0.2, 0.25) is 0 Å². The molecule has 0 unspecified atom stereocenters. The average Bonchev–Trinajstić information content (AvgIpc) is 3.30. The molecule has 4 aromatic rings. The van der Waals surface area contributed by atoms with Crippen LogP contribution >= 0.6 is 0 Å². The lowest BCUT2D eigenvalue weighted by Gasteiger charge is -2.41. The van der Waals surface area contributed by atoms with Gasteiger partial charge in [-0.1, -0.05) is 18.2 Å². The molecule has 1 fully saturated rings. The summed E-state index contributed by atoms with van der Waals surface area (Å²) in [6.45, 7) is -1.77. The molecule has 5 rings (SSSR count). The number of fused-ring (bicyclic) bond motifs is 1. The minimum absolute atomic E-state index is 0.151. The SMILES string of the molecule is Cn1cnnc1CC1(c2cccc(-c3n[nH]c4cnc(OC(F)F)cc34)c2)COC1. The van der Waals surface area contributed by atoms with Gasteiger partial charge in [0.25, 0.3) is 0 Å². The number of nitrogens with zero attached hydrogens (tertiary/aromatic N) is 5. The average molecular weight is 412 g/mol. The highest BCUT2D eigenvalue weighted by Gasteiger charge is 2.41. The molecule has 0 aliphatic carbocycles. The maximum Gasteiger partial charge on any atom is 0.388 e. The van der Waals surface area contributed by atoms with Gasteiger partial charge in [0.2, 0.25) is 5.88 Å². The number of aryl methyl sites for hydroxylation is 1. The molecule has 1 aliphatic rings. The number of rotatable bonds is 6. The Morgan fingerprint density at radius 3 is 2.87 bits per heavy atom. The fourth-order valence-corrected chi connectivity index (χ4v) is 3.76. The van der Waals surface area contributed by atoms with Crippen molar-refractivity contribution in [2.75, 3.05) is 13.2 Å². The molecule has 4 heterocycles. The minimum Gasteiger partial charge on any atom is -0.417 e. The van der Waals surface area contributed by atoms with Crippen LogP contribution in [0.5, 0.6) is 5.88 Å². The number of nitrogens with one attached hydrogen (secondary N) is 1. The van der Waals surface area contributed by atoms with Crippen molar-refractivity contribution in [2.45, 2.75) is 18.4 Å². The van der Waals surface area contributed by atoms with E-state index in [2.05, 4.69) is 42.2 Å². The molecule has 30 heavy (non-hydrogen) atoms. The lowest BCUT2D eigenvalue weighted by atomic mass is 9.75. The van der Waals surface area contributed by atoms with Gasteiger partial charge >= 0.3 is 6.61 Å². The fraction of sp³-hybridized carbons (Fsp3) is 0.300. The first-order valence-corrected chi connectivity index (χ1v) is 9.35. The summed E-state index contributed by atoms with van der Waals surface area (Å²) in [4.78, 5) is 3.88. The summed E-state index contributed by atoms with van der Waals surface area (Å²) in [6, 6.07) is 9.48. The summed E-state index contributed by atoms with van der Waals surface area (Å²) in [5.41, 5.74) is 3.04. The number of benzene rings is 1. The van der Waals surface area contributed by atoms with Crippen LogP contribution in [0, 0.1) is 0 Å². The second-order valence-corrected chi connectivity index (χ2v) is 7.41. The first kappa shape index (κ1) is 18.6. The Morgan fingerprint density at radius 1 is 1.30 bits per heavy atom. The lowest BCUT2D eigenvalue weighted by molar-refractivity contribution is -0.0611. The van der Waals surface area contributed by atoms with E-state index in [9.17, 15) is 8.78 Å². The Labute approximate surface area is 169 Å². The number of pyridine rings is 1. The van der Waals surface area contributed by atoms with Crippen LogP contribution in [0.15, 0.2) is 42.9 Å². The quantitative estimate of drug-likeness (QED) is 0.524. The molecule has 0 bridgehead atoms. The first-order chi connectivity index (χ1) is 14.5. The highest BCUT2D eigenvalue weighted by molar-refractivity contribution is 5.93. The number of hydrogen-bond donors (Lipinski definition) is 1. The van der Waals surface area contributed by atoms with Crippen molar-refractivity contribution in [3.63, 3.8) is 0 Å². The molecule has 0 amide bonds. The highest BCUT2D eigenvalue weighted by Crippen LogP contribution is 2.38. The van der Waals surface area contributed by atoms with Gasteiger partial charge in [-0.05, 0) is 11.6 Å². The molecule has 0 saturated carbocycles. The van der Waals surface area contributed by atoms with Crippen LogP contribution in [-0.4, -0.2) is 49.8 Å². The highest BCUT2D eigenvalue weighted by atomic mass is 19.3. The molecule has 1 aliphatic heterocycles. The maximum atomic E-state index is 12.6. The van der Waals surface area contributed by atoms with E-state index in [4.69, 9.17) is 4.74 Å². The largest absolute Gasteiger partial charge is 0.417 e. The molecule has 1 N–H and O–H groups in total. The van der Waals surface area contributed by atoms with Crippen LogP contribution in [-0.2, 0) is 23.6 Å². The van der Waals surface area contributed by atoms with Crippen molar-refractivity contribution in [3.8, 4) is 17.1 Å². The maximum absolute atomic E-state index is 12.6. The monoisotopic (exact) mass is 412 g/mol. The number of halogens is 2. The predicted octanol–water partition coefficient (Wildman–Crippen LogP) is 2.87. The zero-order chi connectivity index (χ0) is 20.7. The van der Waals surface area contributed by atoms with Gasteiger partial charge in [-0.3, -0.25) is 5.10 Å². The van der Waals surface area contributed by atoms with Gasteiger partial charge in [-0.15, -0.1) is 10.2 Å². The van der Waals surface area contributed by atoms with Crippen molar-refractivity contribution in [1.82, 2.24) is 29.9 Å². The molecule has 8 nitrogen and oxygen atoms in total. The third-order valence-corrected chi connectivity index (χ3v) is 5.44. The third kappa shape index (κ3) is 3.18. The molecule has 154 valence electrons. The van der Waals surface area contributed by atoms with E-state index in [1.54, 1.807) is 6.33 Å². The number of ether oxygens (including phenoxy) is 2. The topological polar surface area (TPSA) is 90.7 Å². The molecule has 3 aromatic heterocycles. The number of aromatic nitrogens is 6. The Bertz CT molecular complexity index is 1200. The van der Waals surface area contributed by atoms with Gasteiger partial charge in [-0.25, -0.2) is 4.98 Å². The van der Waals surface area contributed by atoms with E-state index in [0.717, 1.165) is 17.0 Å². The number of hydrogen-bond acceptors (Lipinski definition) is 6. The molecular weight excluding hydrogens is 394 g/mol. The number of alkyl halides is 2. The molecule has 0 radical (unpaired) electrons. The van der Waals surface area contributed by atoms with E-state index in [1.807, 2.05) is 23.7 Å². The van der Waals surface area contributed by atoms with Crippen LogP contribution in [0.3, 0.4) is 0 Å². The lowest BCUT2D eigenvalue weighted by Crippen LogP contribution is -2.49. The summed E-state index contributed by atoms with van der Waals surface area (Å²) in [7, 11) is 1.92. The molecule has 0 spiro atoms. The minimum atomic E-state index is -2.94. The number of H-pyrrole nitrogens is 1. The summed E-state index contributed by atoms with van der Waals surface area (Å²) < 4.78 is 37.1. The third-order valence-electron chi connectivity index (χ3n) is 5.44. The van der Waals surface area contributed by atoms with Gasteiger partial charge < -0.3 is 14.0 Å². The van der Waals surface area contributed by atoms with E-state index in [-0.39, 0.29) is 11.3 Å². The van der Waals surface area contributed by atoms with E-state index in [1.165, 1.54) is 12.3 Å². The Kier molecular flexibility index (Phi) is 4.43. The number of aromatic amines is 1. The van der Waals surface area contributed by atoms with Crippen molar-refractivity contribution < 1.29 is 18.3 Å². The molecule has 1 saturated heterocycles. The van der Waals surface area contributed by atoms with Crippen molar-refractivity contribution >= 4 is 10.9 Å². The summed E-state index contributed by atoms with van der Waals surface area (Å²) in [6.07, 6.45) is 3.81. The second kappa shape index (κ2) is 7.13. The normalized spacial score (nSPS) is 15.5. The standard InChI is InChI=1S/C20H18F2N6O2/c1-28-11-24-26-16(28)7-20(9-29-10-20)13-4-2-3-12(5-13)18-14-6-17(30-19(21)22)23-8-15(14)25-27-18/h2-6,8,11,19H,7,9-10H2,1H3,(H,25,27). The zero-order valence-electron chi connectivity index (χ0n) is 16.0. The van der Waals surface area contributed by atoms with E-state index < -0.39 is 6.61 Å².